The van der Waals surface area contributed by atoms with E-state index in [4.69, 9.17) is 0 Å². The molecule has 0 saturated heterocycles. The Morgan fingerprint density at radius 2 is 1.37 bits per heavy atom. The molecule has 0 aliphatic rings. The topological polar surface area (TPSA) is 34.1 Å². The largest absolute Gasteiger partial charge is 0.218 e. The molecule has 0 radical (unpaired) electrons. The molecule has 0 unspecified atom stereocenters. The highest BCUT2D eigenvalue weighted by molar-refractivity contribution is 9.13. The molecule has 2 aromatic rings. The number of sulfone groups is 1. The zero-order valence-electron chi connectivity index (χ0n) is 9.20. The fourth-order valence-electron chi connectivity index (χ4n) is 1.47. The van der Waals surface area contributed by atoms with Crippen LogP contribution in [0, 0.1) is 0 Å². The minimum atomic E-state index is -3.56. The molecule has 2 rings (SSSR count). The van der Waals surface area contributed by atoms with Crippen LogP contribution in [0.2, 0.25) is 0 Å². The molecule has 2 aromatic carbocycles. The maximum absolute atomic E-state index is 12.6. The maximum atomic E-state index is 12.6. The van der Waals surface area contributed by atoms with Crippen molar-refractivity contribution >= 4 is 73.6 Å². The van der Waals surface area contributed by atoms with Gasteiger partial charge >= 0.3 is 0 Å². The van der Waals surface area contributed by atoms with Gasteiger partial charge in [0.25, 0.3) is 0 Å². The normalized spacial score (nSPS) is 11.6. The van der Waals surface area contributed by atoms with Crippen LogP contribution in [0.1, 0.15) is 0 Å². The van der Waals surface area contributed by atoms with Gasteiger partial charge < -0.3 is 0 Å². The number of rotatable bonds is 2. The number of hydrogen-bond donors (Lipinski definition) is 0. The second-order valence-electron chi connectivity index (χ2n) is 3.66. The fourth-order valence-corrected chi connectivity index (χ4v) is 5.49. The molecule has 7 heteroatoms. The Morgan fingerprint density at radius 1 is 0.789 bits per heavy atom. The molecule has 0 bridgehead atoms. The third kappa shape index (κ3) is 3.32. The summed E-state index contributed by atoms with van der Waals surface area (Å²) in [6, 6.07) is 9.90. The highest BCUT2D eigenvalue weighted by Crippen LogP contribution is 2.36. The number of benzene rings is 2. The van der Waals surface area contributed by atoms with Crippen molar-refractivity contribution < 1.29 is 8.42 Å². The first-order valence-corrected chi connectivity index (χ1v) is 9.63. The van der Waals surface area contributed by atoms with Crippen LogP contribution in [0.15, 0.2) is 64.1 Å². The Bertz CT molecular complexity index is 724. The van der Waals surface area contributed by atoms with Gasteiger partial charge in [0.1, 0.15) is 0 Å². The maximum Gasteiger partial charge on any atom is 0.207 e. The lowest BCUT2D eigenvalue weighted by Crippen LogP contribution is -2.03. The monoisotopic (exact) mass is 530 g/mol. The number of hydrogen-bond acceptors (Lipinski definition) is 2. The van der Waals surface area contributed by atoms with Gasteiger partial charge in [0, 0.05) is 13.4 Å². The zero-order chi connectivity index (χ0) is 14.2. The highest BCUT2D eigenvalue weighted by atomic mass is 79.9. The molecular weight excluding hydrogens is 528 g/mol. The first-order valence-electron chi connectivity index (χ1n) is 4.97. The lowest BCUT2D eigenvalue weighted by molar-refractivity contribution is 0.595. The van der Waals surface area contributed by atoms with E-state index in [1.807, 2.05) is 0 Å². The fraction of sp³-hybridized carbons (Fsp3) is 0. The zero-order valence-corrected chi connectivity index (χ0v) is 16.4. The Labute approximate surface area is 145 Å². The molecule has 0 fully saturated rings. The van der Waals surface area contributed by atoms with Crippen LogP contribution in [0.3, 0.4) is 0 Å². The molecule has 0 saturated carbocycles. The molecule has 0 aromatic heterocycles. The summed E-state index contributed by atoms with van der Waals surface area (Å²) in [4.78, 5) is 0.470. The summed E-state index contributed by atoms with van der Waals surface area (Å²) in [6.07, 6.45) is 0. The molecule has 0 heterocycles. The van der Waals surface area contributed by atoms with E-state index >= 15 is 0 Å². The third-order valence-electron chi connectivity index (χ3n) is 2.37. The van der Waals surface area contributed by atoms with Crippen LogP contribution in [0.4, 0.5) is 0 Å². The average molecular weight is 534 g/mol. The van der Waals surface area contributed by atoms with E-state index in [-0.39, 0.29) is 9.79 Å². The summed E-state index contributed by atoms with van der Waals surface area (Å²) in [5.74, 6) is 0. The van der Waals surface area contributed by atoms with Crippen LogP contribution in [0.5, 0.6) is 0 Å². The Kier molecular flexibility index (Phi) is 4.93. The molecule has 2 nitrogen and oxygen atoms in total. The molecule has 0 N–H and O–H groups in total. The van der Waals surface area contributed by atoms with Crippen LogP contribution in [0.25, 0.3) is 0 Å². The Balaban J connectivity index is 2.66. The second-order valence-corrected chi connectivity index (χ2v) is 9.05. The van der Waals surface area contributed by atoms with Crippen molar-refractivity contribution in [1.29, 1.82) is 0 Å². The Hall–Kier alpha value is 0.310. The summed E-state index contributed by atoms with van der Waals surface area (Å²) in [5, 5.41) is 0. The first kappa shape index (κ1) is 15.7. The van der Waals surface area contributed by atoms with Gasteiger partial charge in [-0.25, -0.2) is 8.42 Å². The van der Waals surface area contributed by atoms with E-state index in [9.17, 15) is 8.42 Å². The van der Waals surface area contributed by atoms with Crippen LogP contribution in [-0.2, 0) is 9.84 Å². The molecule has 0 aliphatic heterocycles. The molecule has 0 spiro atoms. The molecule has 100 valence electrons. The van der Waals surface area contributed by atoms with Crippen LogP contribution < -0.4 is 0 Å². The first-order chi connectivity index (χ1) is 8.82. The smallest absolute Gasteiger partial charge is 0.207 e. The third-order valence-corrected chi connectivity index (χ3v) is 7.43. The summed E-state index contributed by atoms with van der Waals surface area (Å²) in [7, 11) is -3.56. The SMILES string of the molecule is O=S(=O)(c1ccc(Br)cc1)c1cc(Br)cc(Br)c1Br. The standard InChI is InChI=1S/C12H6Br4O2S/c13-7-1-3-9(4-2-7)19(17,18)11-6-8(14)5-10(15)12(11)16/h1-6H. The average Bonchev–Trinajstić information content (AvgIpc) is 2.34. The molecule has 0 aliphatic carbocycles. The van der Waals surface area contributed by atoms with Gasteiger partial charge in [-0.1, -0.05) is 31.9 Å². The highest BCUT2D eigenvalue weighted by Gasteiger charge is 2.22. The van der Waals surface area contributed by atoms with Crippen molar-refractivity contribution in [2.24, 2.45) is 0 Å². The molecular formula is C12H6Br4O2S. The molecule has 19 heavy (non-hydrogen) atoms. The minimum Gasteiger partial charge on any atom is -0.218 e. The van der Waals surface area contributed by atoms with E-state index in [2.05, 4.69) is 63.7 Å². The van der Waals surface area contributed by atoms with Crippen molar-refractivity contribution in [3.8, 4) is 0 Å². The van der Waals surface area contributed by atoms with Gasteiger partial charge in [-0.15, -0.1) is 0 Å². The van der Waals surface area contributed by atoms with Crippen molar-refractivity contribution in [2.45, 2.75) is 9.79 Å². The molecule has 0 atom stereocenters. The predicted octanol–water partition coefficient (Wildman–Crippen LogP) is 5.57. The Morgan fingerprint density at radius 3 is 1.95 bits per heavy atom. The lowest BCUT2D eigenvalue weighted by atomic mass is 10.4. The van der Waals surface area contributed by atoms with E-state index < -0.39 is 9.84 Å². The van der Waals surface area contributed by atoms with Gasteiger partial charge in [0.15, 0.2) is 0 Å². The summed E-state index contributed by atoms with van der Waals surface area (Å²) < 4.78 is 27.9. The minimum absolute atomic E-state index is 0.219. The van der Waals surface area contributed by atoms with Gasteiger partial charge in [-0.2, -0.15) is 0 Å². The van der Waals surface area contributed by atoms with Gasteiger partial charge in [-0.05, 0) is 68.3 Å². The quantitative estimate of drug-likeness (QED) is 0.473. The van der Waals surface area contributed by atoms with Crippen LogP contribution in [-0.4, -0.2) is 8.42 Å². The van der Waals surface area contributed by atoms with E-state index in [0.717, 1.165) is 4.47 Å². The van der Waals surface area contributed by atoms with E-state index in [1.165, 1.54) is 0 Å². The van der Waals surface area contributed by atoms with Crippen molar-refractivity contribution in [1.82, 2.24) is 0 Å². The van der Waals surface area contributed by atoms with Gasteiger partial charge in [-0.3, -0.25) is 0 Å². The van der Waals surface area contributed by atoms with E-state index in [1.54, 1.807) is 36.4 Å². The van der Waals surface area contributed by atoms with Gasteiger partial charge in [0.05, 0.1) is 14.3 Å². The van der Waals surface area contributed by atoms with Crippen LogP contribution >= 0.6 is 63.7 Å². The summed E-state index contributed by atoms with van der Waals surface area (Å²) in [5.41, 5.74) is 0. The van der Waals surface area contributed by atoms with Crippen molar-refractivity contribution in [3.63, 3.8) is 0 Å². The molecule has 0 amide bonds. The lowest BCUT2D eigenvalue weighted by Gasteiger charge is -2.09. The van der Waals surface area contributed by atoms with Crippen molar-refractivity contribution in [2.75, 3.05) is 0 Å². The van der Waals surface area contributed by atoms with Crippen molar-refractivity contribution in [3.05, 3.63) is 54.3 Å². The van der Waals surface area contributed by atoms with E-state index in [0.29, 0.717) is 13.4 Å². The second kappa shape index (κ2) is 5.97. The summed E-state index contributed by atoms with van der Waals surface area (Å²) >= 11 is 13.2. The summed E-state index contributed by atoms with van der Waals surface area (Å²) in [6.45, 7) is 0. The number of halogens is 4. The predicted molar refractivity (Wildman–Crippen MR) is 89.1 cm³/mol. The van der Waals surface area contributed by atoms with Gasteiger partial charge in [0.2, 0.25) is 9.84 Å².